The normalized spacial score (nSPS) is 21.1. The number of carbonyl (C=O) groups excluding carboxylic acids is 1. The summed E-state index contributed by atoms with van der Waals surface area (Å²) in [6.45, 7) is 7.65. The molecule has 0 unspecified atom stereocenters. The molecule has 6 rings (SSSR count). The number of fused-ring (bicyclic) bond motifs is 2. The van der Waals surface area contributed by atoms with Crippen LogP contribution >= 0.6 is 0 Å². The Morgan fingerprint density at radius 2 is 1.97 bits per heavy atom. The van der Waals surface area contributed by atoms with Gasteiger partial charge in [0.2, 0.25) is 5.95 Å². The highest BCUT2D eigenvalue weighted by molar-refractivity contribution is 6.00. The van der Waals surface area contributed by atoms with E-state index in [9.17, 15) is 4.79 Å². The predicted molar refractivity (Wildman–Crippen MR) is 131 cm³/mol. The molecule has 3 aromatic rings. The number of hydrogen-bond acceptors (Lipinski definition) is 8. The number of piperidine rings is 2. The molecule has 2 aromatic heterocycles. The third-order valence-corrected chi connectivity index (χ3v) is 7.37. The third-order valence-electron chi connectivity index (χ3n) is 7.37. The Balaban J connectivity index is 1.25. The topological polar surface area (TPSA) is 105 Å². The summed E-state index contributed by atoms with van der Waals surface area (Å²) < 4.78 is 11.6. The maximum Gasteiger partial charge on any atom is 0.268 e. The van der Waals surface area contributed by atoms with Crippen molar-refractivity contribution in [2.75, 3.05) is 41.7 Å². The molecular formula is C25H30N6O3. The van der Waals surface area contributed by atoms with Gasteiger partial charge in [-0.2, -0.15) is 4.98 Å². The molecule has 178 valence electrons. The number of amides is 1. The molecule has 0 saturated carbocycles. The fourth-order valence-corrected chi connectivity index (χ4v) is 5.29. The van der Waals surface area contributed by atoms with Crippen LogP contribution in [-0.2, 0) is 4.79 Å². The highest BCUT2D eigenvalue weighted by atomic mass is 16.5. The zero-order chi connectivity index (χ0) is 23.3. The monoisotopic (exact) mass is 462 g/mol. The Morgan fingerprint density at radius 3 is 2.76 bits per heavy atom. The molecular weight excluding hydrogens is 432 g/mol. The zero-order valence-corrected chi connectivity index (χ0v) is 19.6. The van der Waals surface area contributed by atoms with Crippen molar-refractivity contribution in [2.45, 2.75) is 45.1 Å². The number of rotatable bonds is 3. The number of furan rings is 1. The second-order valence-electron chi connectivity index (χ2n) is 10.2. The Hall–Kier alpha value is -3.33. The van der Waals surface area contributed by atoms with E-state index in [1.165, 1.54) is 12.8 Å². The molecule has 9 nitrogen and oxygen atoms in total. The number of ether oxygens (including phenoxy) is 1. The van der Waals surface area contributed by atoms with Gasteiger partial charge in [0.15, 0.2) is 17.0 Å². The summed E-state index contributed by atoms with van der Waals surface area (Å²) in [4.78, 5) is 24.1. The molecule has 5 heterocycles. The molecule has 0 aliphatic carbocycles. The van der Waals surface area contributed by atoms with Crippen LogP contribution in [0.3, 0.4) is 0 Å². The molecule has 3 aliphatic rings. The lowest BCUT2D eigenvalue weighted by Gasteiger charge is -2.44. The van der Waals surface area contributed by atoms with Gasteiger partial charge in [-0.05, 0) is 69.7 Å². The highest BCUT2D eigenvalue weighted by Gasteiger charge is 2.37. The van der Waals surface area contributed by atoms with Gasteiger partial charge >= 0.3 is 0 Å². The molecule has 1 aromatic carbocycles. The number of hydrogen-bond donors (Lipinski definition) is 3. The van der Waals surface area contributed by atoms with Crippen LogP contribution in [0.4, 0.5) is 23.1 Å². The van der Waals surface area contributed by atoms with Crippen LogP contribution in [0, 0.1) is 5.41 Å². The maximum atomic E-state index is 12.3. The second-order valence-corrected chi connectivity index (χ2v) is 10.2. The Morgan fingerprint density at radius 1 is 1.12 bits per heavy atom. The SMILES string of the molecule is CC1(C)Oc2ccc(Nc3nc(N4CCC5(CCCNC5)CC4)c4occc4n3)cc2NC1=O. The number of nitrogens with zero attached hydrogens (tertiary/aromatic N) is 3. The third kappa shape index (κ3) is 3.73. The smallest absolute Gasteiger partial charge is 0.268 e. The van der Waals surface area contributed by atoms with Crippen LogP contribution in [0.1, 0.15) is 39.5 Å². The molecule has 0 radical (unpaired) electrons. The Labute approximate surface area is 198 Å². The first-order chi connectivity index (χ1) is 16.4. The molecule has 2 saturated heterocycles. The summed E-state index contributed by atoms with van der Waals surface area (Å²) >= 11 is 0. The van der Waals surface area contributed by atoms with Crippen molar-refractivity contribution in [3.8, 4) is 5.75 Å². The zero-order valence-electron chi connectivity index (χ0n) is 19.6. The van der Waals surface area contributed by atoms with Gasteiger partial charge in [0.25, 0.3) is 5.91 Å². The average molecular weight is 463 g/mol. The van der Waals surface area contributed by atoms with Crippen LogP contribution in [0.2, 0.25) is 0 Å². The molecule has 9 heteroatoms. The molecule has 3 N–H and O–H groups in total. The largest absolute Gasteiger partial charge is 0.476 e. The Bertz CT molecular complexity index is 1240. The number of benzene rings is 1. The molecule has 3 aliphatic heterocycles. The lowest BCUT2D eigenvalue weighted by atomic mass is 9.73. The summed E-state index contributed by atoms with van der Waals surface area (Å²) in [6, 6.07) is 7.45. The molecule has 0 atom stereocenters. The van der Waals surface area contributed by atoms with Crippen LogP contribution < -0.4 is 25.6 Å². The van der Waals surface area contributed by atoms with E-state index < -0.39 is 5.60 Å². The number of carbonyl (C=O) groups is 1. The van der Waals surface area contributed by atoms with Crippen LogP contribution in [0.5, 0.6) is 5.75 Å². The van der Waals surface area contributed by atoms with Gasteiger partial charge in [-0.25, -0.2) is 4.98 Å². The summed E-state index contributed by atoms with van der Waals surface area (Å²) in [5.41, 5.74) is 2.39. The highest BCUT2D eigenvalue weighted by Crippen LogP contribution is 2.40. The van der Waals surface area contributed by atoms with Crippen molar-refractivity contribution < 1.29 is 13.9 Å². The lowest BCUT2D eigenvalue weighted by molar-refractivity contribution is -0.129. The minimum absolute atomic E-state index is 0.175. The summed E-state index contributed by atoms with van der Waals surface area (Å²) in [6.07, 6.45) is 6.52. The van der Waals surface area contributed by atoms with E-state index in [-0.39, 0.29) is 5.91 Å². The second kappa shape index (κ2) is 7.87. The van der Waals surface area contributed by atoms with E-state index in [0.717, 1.165) is 61.6 Å². The van der Waals surface area contributed by atoms with Gasteiger partial charge < -0.3 is 30.0 Å². The van der Waals surface area contributed by atoms with E-state index in [0.29, 0.717) is 22.8 Å². The van der Waals surface area contributed by atoms with Crippen molar-refractivity contribution in [2.24, 2.45) is 5.41 Å². The summed E-state index contributed by atoms with van der Waals surface area (Å²) in [7, 11) is 0. The first kappa shape index (κ1) is 21.2. The van der Waals surface area contributed by atoms with E-state index in [4.69, 9.17) is 14.1 Å². The van der Waals surface area contributed by atoms with Crippen molar-refractivity contribution in [1.82, 2.24) is 15.3 Å². The molecule has 1 amide bonds. The van der Waals surface area contributed by atoms with Crippen molar-refractivity contribution in [3.63, 3.8) is 0 Å². The van der Waals surface area contributed by atoms with Gasteiger partial charge in [-0.1, -0.05) is 0 Å². The molecule has 0 bridgehead atoms. The van der Waals surface area contributed by atoms with Crippen LogP contribution in [-0.4, -0.2) is 47.7 Å². The Kier molecular flexibility index (Phi) is 4.91. The van der Waals surface area contributed by atoms with Gasteiger partial charge in [0.1, 0.15) is 11.3 Å². The van der Waals surface area contributed by atoms with E-state index >= 15 is 0 Å². The lowest BCUT2D eigenvalue weighted by Crippen LogP contribution is -2.48. The van der Waals surface area contributed by atoms with Crippen molar-refractivity contribution in [1.29, 1.82) is 0 Å². The quantitative estimate of drug-likeness (QED) is 0.536. The summed E-state index contributed by atoms with van der Waals surface area (Å²) in [5.74, 6) is 1.78. The van der Waals surface area contributed by atoms with Gasteiger partial charge in [0, 0.05) is 31.4 Å². The minimum atomic E-state index is -0.896. The molecule has 2 fully saturated rings. The van der Waals surface area contributed by atoms with Crippen LogP contribution in [0.15, 0.2) is 34.9 Å². The van der Waals surface area contributed by atoms with E-state index in [1.54, 1.807) is 20.1 Å². The van der Waals surface area contributed by atoms with Gasteiger partial charge in [-0.15, -0.1) is 0 Å². The molecule has 1 spiro atoms. The van der Waals surface area contributed by atoms with E-state index in [1.807, 2.05) is 24.3 Å². The maximum absolute atomic E-state index is 12.3. The predicted octanol–water partition coefficient (Wildman–Crippen LogP) is 4.05. The van der Waals surface area contributed by atoms with Crippen molar-refractivity contribution in [3.05, 3.63) is 30.5 Å². The first-order valence-corrected chi connectivity index (χ1v) is 12.0. The fraction of sp³-hybridized carbons (Fsp3) is 0.480. The number of nitrogens with one attached hydrogen (secondary N) is 3. The van der Waals surface area contributed by atoms with E-state index in [2.05, 4.69) is 25.8 Å². The van der Waals surface area contributed by atoms with Gasteiger partial charge in [0.05, 0.1) is 12.0 Å². The van der Waals surface area contributed by atoms with Gasteiger partial charge in [-0.3, -0.25) is 4.79 Å². The van der Waals surface area contributed by atoms with Crippen molar-refractivity contribution >= 4 is 40.1 Å². The average Bonchev–Trinajstić information content (AvgIpc) is 3.29. The summed E-state index contributed by atoms with van der Waals surface area (Å²) in [5, 5.41) is 9.80. The standard InChI is InChI=1S/C25H30N6O3/c1-24(2)22(32)28-18-14-16(4-5-19(18)34-24)27-23-29-17-6-13-33-20(17)21(30-23)31-11-8-25(9-12-31)7-3-10-26-15-25/h4-6,13-14,26H,3,7-12,15H2,1-2H3,(H,28,32)(H,27,29,30). The number of anilines is 4. The van der Waals surface area contributed by atoms with Crippen LogP contribution in [0.25, 0.3) is 11.1 Å². The number of aromatic nitrogens is 2. The fourth-order valence-electron chi connectivity index (χ4n) is 5.29. The first-order valence-electron chi connectivity index (χ1n) is 12.0. The minimum Gasteiger partial charge on any atom is -0.476 e. The molecule has 34 heavy (non-hydrogen) atoms.